The van der Waals surface area contributed by atoms with Crippen LogP contribution < -0.4 is 10.1 Å². The van der Waals surface area contributed by atoms with E-state index in [2.05, 4.69) is 10.3 Å². The maximum absolute atomic E-state index is 12.6. The molecular weight excluding hydrogens is 147 g/mol. The number of nitrogens with one attached hydrogen (secondary N) is 1. The lowest BCUT2D eigenvalue weighted by Crippen LogP contribution is -1.94. The van der Waals surface area contributed by atoms with E-state index in [4.69, 9.17) is 4.74 Å². The van der Waals surface area contributed by atoms with Crippen LogP contribution in [0, 0.1) is 5.95 Å². The molecule has 0 unspecified atom stereocenters. The molecule has 4 heteroatoms. The summed E-state index contributed by atoms with van der Waals surface area (Å²) in [6, 6.07) is 2.91. The van der Waals surface area contributed by atoms with E-state index in [0.717, 1.165) is 0 Å². The Balaban J connectivity index is 3.02. The second kappa shape index (κ2) is 3.18. The Morgan fingerprint density at radius 2 is 2.27 bits per heavy atom. The number of ether oxygens (including phenoxy) is 1. The summed E-state index contributed by atoms with van der Waals surface area (Å²) in [6.45, 7) is 0. The van der Waals surface area contributed by atoms with Crippen LogP contribution in [0.25, 0.3) is 0 Å². The minimum atomic E-state index is -0.548. The second-order valence-corrected chi connectivity index (χ2v) is 1.97. The summed E-state index contributed by atoms with van der Waals surface area (Å²) in [5, 5.41) is 2.78. The molecule has 3 nitrogen and oxygen atoms in total. The van der Waals surface area contributed by atoms with Crippen molar-refractivity contribution in [3.63, 3.8) is 0 Å². The lowest BCUT2D eigenvalue weighted by molar-refractivity contribution is 0.388. The van der Waals surface area contributed by atoms with Gasteiger partial charge >= 0.3 is 0 Å². The van der Waals surface area contributed by atoms with Crippen molar-refractivity contribution >= 4 is 5.69 Å². The summed E-state index contributed by atoms with van der Waals surface area (Å²) >= 11 is 0. The highest BCUT2D eigenvalue weighted by molar-refractivity contribution is 5.44. The molecule has 11 heavy (non-hydrogen) atoms. The highest BCUT2D eigenvalue weighted by Gasteiger charge is 1.99. The highest BCUT2D eigenvalue weighted by Crippen LogP contribution is 2.14. The Kier molecular flexibility index (Phi) is 2.25. The van der Waals surface area contributed by atoms with E-state index in [1.54, 1.807) is 13.1 Å². The van der Waals surface area contributed by atoms with Crippen LogP contribution in [-0.2, 0) is 0 Å². The minimum absolute atomic E-state index is 0.273. The van der Waals surface area contributed by atoms with Crippen molar-refractivity contribution in [2.24, 2.45) is 0 Å². The molecule has 0 saturated carbocycles. The standard InChI is InChI=1S/C7H9FN2O/c1-9-5-3-6(8)10-7(4-5)11-2/h3-4H,1-2H3,(H,9,10). The normalized spacial score (nSPS) is 9.36. The molecule has 0 atom stereocenters. The van der Waals surface area contributed by atoms with Crippen molar-refractivity contribution in [2.45, 2.75) is 0 Å². The lowest BCUT2D eigenvalue weighted by atomic mass is 10.4. The third kappa shape index (κ3) is 1.80. The van der Waals surface area contributed by atoms with Gasteiger partial charge in [0.15, 0.2) is 0 Å². The molecule has 60 valence electrons. The average Bonchev–Trinajstić information content (AvgIpc) is 2.03. The quantitative estimate of drug-likeness (QED) is 0.655. The predicted molar refractivity (Wildman–Crippen MR) is 40.3 cm³/mol. The van der Waals surface area contributed by atoms with Gasteiger partial charge in [0.1, 0.15) is 0 Å². The third-order valence-corrected chi connectivity index (χ3v) is 1.27. The molecule has 1 N–H and O–H groups in total. The Hall–Kier alpha value is -1.32. The molecule has 1 heterocycles. The number of pyridine rings is 1. The monoisotopic (exact) mass is 156 g/mol. The van der Waals surface area contributed by atoms with Crippen LogP contribution in [0.3, 0.4) is 0 Å². The van der Waals surface area contributed by atoms with Gasteiger partial charge in [-0.25, -0.2) is 0 Å². The van der Waals surface area contributed by atoms with Crippen LogP contribution in [0.1, 0.15) is 0 Å². The number of anilines is 1. The Morgan fingerprint density at radius 3 is 2.82 bits per heavy atom. The zero-order valence-electron chi connectivity index (χ0n) is 6.39. The molecule has 1 aromatic rings. The first-order valence-corrected chi connectivity index (χ1v) is 3.15. The summed E-state index contributed by atoms with van der Waals surface area (Å²) in [5.74, 6) is -0.275. The van der Waals surface area contributed by atoms with Crippen LogP contribution in [0.2, 0.25) is 0 Å². The highest BCUT2D eigenvalue weighted by atomic mass is 19.1. The number of hydrogen-bond acceptors (Lipinski definition) is 3. The van der Waals surface area contributed by atoms with Crippen molar-refractivity contribution in [2.75, 3.05) is 19.5 Å². The molecule has 0 fully saturated rings. The van der Waals surface area contributed by atoms with E-state index < -0.39 is 5.95 Å². The zero-order chi connectivity index (χ0) is 8.27. The van der Waals surface area contributed by atoms with Gasteiger partial charge in [-0.2, -0.15) is 9.37 Å². The Morgan fingerprint density at radius 1 is 1.55 bits per heavy atom. The summed E-state index contributed by atoms with van der Waals surface area (Å²) < 4.78 is 17.3. The van der Waals surface area contributed by atoms with E-state index >= 15 is 0 Å². The molecule has 0 bridgehead atoms. The Bertz CT molecular complexity index is 230. The first kappa shape index (κ1) is 7.78. The molecule has 0 aromatic carbocycles. The van der Waals surface area contributed by atoms with Crippen molar-refractivity contribution < 1.29 is 9.13 Å². The van der Waals surface area contributed by atoms with Gasteiger partial charge in [-0.3, -0.25) is 0 Å². The summed E-state index contributed by atoms with van der Waals surface area (Å²) in [6.07, 6.45) is 0. The second-order valence-electron chi connectivity index (χ2n) is 1.97. The minimum Gasteiger partial charge on any atom is -0.481 e. The lowest BCUT2D eigenvalue weighted by Gasteiger charge is -2.02. The van der Waals surface area contributed by atoms with E-state index in [1.165, 1.54) is 13.2 Å². The molecule has 0 radical (unpaired) electrons. The zero-order valence-corrected chi connectivity index (χ0v) is 6.39. The topological polar surface area (TPSA) is 34.2 Å². The van der Waals surface area contributed by atoms with E-state index in [1.807, 2.05) is 0 Å². The number of nitrogens with zero attached hydrogens (tertiary/aromatic N) is 1. The largest absolute Gasteiger partial charge is 0.481 e. The van der Waals surface area contributed by atoms with Gasteiger partial charge in [-0.1, -0.05) is 0 Å². The molecule has 0 saturated heterocycles. The first-order chi connectivity index (χ1) is 5.26. The molecule has 0 aliphatic heterocycles. The van der Waals surface area contributed by atoms with E-state index in [9.17, 15) is 4.39 Å². The number of halogens is 1. The molecule has 0 aliphatic carbocycles. The average molecular weight is 156 g/mol. The van der Waals surface area contributed by atoms with Gasteiger partial charge in [-0.15, -0.1) is 0 Å². The predicted octanol–water partition coefficient (Wildman–Crippen LogP) is 1.27. The van der Waals surface area contributed by atoms with Crippen molar-refractivity contribution in [1.82, 2.24) is 4.98 Å². The Labute approximate surface area is 64.2 Å². The first-order valence-electron chi connectivity index (χ1n) is 3.15. The van der Waals surface area contributed by atoms with E-state index in [-0.39, 0.29) is 5.88 Å². The number of methoxy groups -OCH3 is 1. The maximum Gasteiger partial charge on any atom is 0.218 e. The van der Waals surface area contributed by atoms with Gasteiger partial charge in [0.05, 0.1) is 7.11 Å². The van der Waals surface area contributed by atoms with Crippen molar-refractivity contribution in [3.05, 3.63) is 18.1 Å². The summed E-state index contributed by atoms with van der Waals surface area (Å²) in [4.78, 5) is 3.47. The summed E-state index contributed by atoms with van der Waals surface area (Å²) in [7, 11) is 3.15. The fourth-order valence-electron chi connectivity index (χ4n) is 0.722. The third-order valence-electron chi connectivity index (χ3n) is 1.27. The van der Waals surface area contributed by atoms with Crippen LogP contribution in [0.5, 0.6) is 5.88 Å². The molecular formula is C7H9FN2O. The van der Waals surface area contributed by atoms with Crippen molar-refractivity contribution in [1.29, 1.82) is 0 Å². The molecule has 1 rings (SSSR count). The molecule has 1 aromatic heterocycles. The summed E-state index contributed by atoms with van der Waals surface area (Å²) in [5.41, 5.74) is 0.648. The number of rotatable bonds is 2. The van der Waals surface area contributed by atoms with Crippen LogP contribution in [0.15, 0.2) is 12.1 Å². The smallest absolute Gasteiger partial charge is 0.218 e. The fourth-order valence-corrected chi connectivity index (χ4v) is 0.722. The van der Waals surface area contributed by atoms with E-state index in [0.29, 0.717) is 5.69 Å². The SMILES string of the molecule is CNc1cc(F)nc(OC)c1. The number of aromatic nitrogens is 1. The van der Waals surface area contributed by atoms with Gasteiger partial charge < -0.3 is 10.1 Å². The van der Waals surface area contributed by atoms with Crippen molar-refractivity contribution in [3.8, 4) is 5.88 Å². The fraction of sp³-hybridized carbons (Fsp3) is 0.286. The van der Waals surface area contributed by atoms with Gasteiger partial charge in [-0.05, 0) is 0 Å². The molecule has 0 spiro atoms. The number of hydrogen-bond donors (Lipinski definition) is 1. The van der Waals surface area contributed by atoms with Crippen LogP contribution >= 0.6 is 0 Å². The molecule has 0 aliphatic rings. The van der Waals surface area contributed by atoms with Gasteiger partial charge in [0.2, 0.25) is 11.8 Å². The molecule has 0 amide bonds. The van der Waals surface area contributed by atoms with Gasteiger partial charge in [0, 0.05) is 24.9 Å². The van der Waals surface area contributed by atoms with Crippen LogP contribution in [0.4, 0.5) is 10.1 Å². The van der Waals surface area contributed by atoms with Gasteiger partial charge in [0.25, 0.3) is 0 Å². The maximum atomic E-state index is 12.6. The van der Waals surface area contributed by atoms with Crippen LogP contribution in [-0.4, -0.2) is 19.1 Å².